The van der Waals surface area contributed by atoms with Crippen LogP contribution in [0.15, 0.2) is 30.5 Å². The number of hydrogen-bond donors (Lipinski definition) is 2. The van der Waals surface area contributed by atoms with Gasteiger partial charge in [0, 0.05) is 35.9 Å². The summed E-state index contributed by atoms with van der Waals surface area (Å²) in [6.45, 7) is 1.88. The molecule has 0 spiro atoms. The van der Waals surface area contributed by atoms with E-state index in [0.717, 1.165) is 22.2 Å². The van der Waals surface area contributed by atoms with Crippen LogP contribution in [0.4, 0.5) is 10.2 Å². The standard InChI is InChI=1S/C15H15FN4O/c1-9-11(12-7-10(16)3-4-13(12)17-9)8-15(21)18-14-5-6-20(2)19-14/h3-7,17H,8H2,1-2H3,(H,18,19,21). The number of halogens is 1. The molecule has 2 N–H and O–H groups in total. The summed E-state index contributed by atoms with van der Waals surface area (Å²) in [5.74, 6) is 0.0148. The van der Waals surface area contributed by atoms with Crippen LogP contribution in [-0.4, -0.2) is 20.7 Å². The van der Waals surface area contributed by atoms with Gasteiger partial charge in [-0.05, 0) is 30.7 Å². The average Bonchev–Trinajstić information content (AvgIpc) is 2.95. The van der Waals surface area contributed by atoms with Crippen LogP contribution in [0, 0.1) is 12.7 Å². The van der Waals surface area contributed by atoms with Gasteiger partial charge in [0.15, 0.2) is 5.82 Å². The molecule has 0 saturated carbocycles. The van der Waals surface area contributed by atoms with E-state index in [1.165, 1.54) is 12.1 Å². The molecule has 0 saturated heterocycles. The maximum absolute atomic E-state index is 13.4. The molecular weight excluding hydrogens is 271 g/mol. The van der Waals surface area contributed by atoms with Gasteiger partial charge in [-0.1, -0.05) is 0 Å². The van der Waals surface area contributed by atoms with Crippen LogP contribution in [0.2, 0.25) is 0 Å². The molecule has 0 aliphatic rings. The first-order valence-electron chi connectivity index (χ1n) is 6.59. The molecule has 0 aliphatic carbocycles. The van der Waals surface area contributed by atoms with Crippen molar-refractivity contribution in [2.45, 2.75) is 13.3 Å². The number of aromatic nitrogens is 3. The molecule has 21 heavy (non-hydrogen) atoms. The fourth-order valence-corrected chi connectivity index (χ4v) is 2.41. The van der Waals surface area contributed by atoms with Crippen molar-refractivity contribution in [3.05, 3.63) is 47.5 Å². The Balaban J connectivity index is 1.85. The summed E-state index contributed by atoms with van der Waals surface area (Å²) in [7, 11) is 1.78. The van der Waals surface area contributed by atoms with Crippen LogP contribution in [0.1, 0.15) is 11.3 Å². The molecule has 0 aliphatic heterocycles. The van der Waals surface area contributed by atoms with Gasteiger partial charge in [0.1, 0.15) is 5.82 Å². The molecule has 0 fully saturated rings. The summed E-state index contributed by atoms with van der Waals surface area (Å²) in [5, 5.41) is 7.56. The number of carbonyl (C=O) groups excluding carboxylic acids is 1. The first-order chi connectivity index (χ1) is 10.0. The van der Waals surface area contributed by atoms with Gasteiger partial charge in [-0.15, -0.1) is 0 Å². The van der Waals surface area contributed by atoms with Gasteiger partial charge in [-0.25, -0.2) is 4.39 Å². The number of H-pyrrole nitrogens is 1. The topological polar surface area (TPSA) is 62.7 Å². The Labute approximate surface area is 120 Å². The van der Waals surface area contributed by atoms with Crippen molar-refractivity contribution in [1.82, 2.24) is 14.8 Å². The van der Waals surface area contributed by atoms with Crippen molar-refractivity contribution in [1.29, 1.82) is 0 Å². The first kappa shape index (κ1) is 13.4. The number of amides is 1. The molecule has 2 aromatic heterocycles. The van der Waals surface area contributed by atoms with E-state index in [0.29, 0.717) is 5.82 Å². The smallest absolute Gasteiger partial charge is 0.230 e. The van der Waals surface area contributed by atoms with Crippen LogP contribution in [0.25, 0.3) is 10.9 Å². The van der Waals surface area contributed by atoms with Crippen LogP contribution in [-0.2, 0) is 18.3 Å². The van der Waals surface area contributed by atoms with Crippen molar-refractivity contribution >= 4 is 22.6 Å². The number of rotatable bonds is 3. The minimum atomic E-state index is -0.312. The Bertz CT molecular complexity index is 818. The molecular formula is C15H15FN4O. The third-order valence-corrected chi connectivity index (χ3v) is 3.40. The molecule has 108 valence electrons. The predicted molar refractivity (Wildman–Crippen MR) is 78.5 cm³/mol. The summed E-state index contributed by atoms with van der Waals surface area (Å²) in [6, 6.07) is 6.25. The largest absolute Gasteiger partial charge is 0.358 e. The highest BCUT2D eigenvalue weighted by molar-refractivity contribution is 5.95. The highest BCUT2D eigenvalue weighted by Crippen LogP contribution is 2.23. The van der Waals surface area contributed by atoms with E-state index >= 15 is 0 Å². The lowest BCUT2D eigenvalue weighted by Crippen LogP contribution is -2.15. The van der Waals surface area contributed by atoms with E-state index in [4.69, 9.17) is 0 Å². The number of fused-ring (bicyclic) bond motifs is 1. The van der Waals surface area contributed by atoms with Gasteiger partial charge >= 0.3 is 0 Å². The number of benzene rings is 1. The van der Waals surface area contributed by atoms with Crippen molar-refractivity contribution in [2.24, 2.45) is 7.05 Å². The lowest BCUT2D eigenvalue weighted by molar-refractivity contribution is -0.115. The molecule has 0 atom stereocenters. The first-order valence-corrected chi connectivity index (χ1v) is 6.59. The second-order valence-electron chi connectivity index (χ2n) is 5.02. The predicted octanol–water partition coefficient (Wildman–Crippen LogP) is 2.53. The van der Waals surface area contributed by atoms with Crippen LogP contribution in [0.3, 0.4) is 0 Å². The number of hydrogen-bond acceptors (Lipinski definition) is 2. The fraction of sp³-hybridized carbons (Fsp3) is 0.200. The van der Waals surface area contributed by atoms with Gasteiger partial charge in [0.05, 0.1) is 6.42 Å². The lowest BCUT2D eigenvalue weighted by Gasteiger charge is -2.03. The van der Waals surface area contributed by atoms with Crippen molar-refractivity contribution in [3.8, 4) is 0 Å². The summed E-state index contributed by atoms with van der Waals surface area (Å²) >= 11 is 0. The number of nitrogens with one attached hydrogen (secondary N) is 2. The van der Waals surface area contributed by atoms with E-state index in [1.807, 2.05) is 6.92 Å². The fourth-order valence-electron chi connectivity index (χ4n) is 2.41. The van der Waals surface area contributed by atoms with Crippen LogP contribution < -0.4 is 5.32 Å². The quantitative estimate of drug-likeness (QED) is 0.777. The van der Waals surface area contributed by atoms with Crippen LogP contribution >= 0.6 is 0 Å². The number of anilines is 1. The number of aryl methyl sites for hydroxylation is 2. The third kappa shape index (κ3) is 2.65. The third-order valence-electron chi connectivity index (χ3n) is 3.40. The van der Waals surface area contributed by atoms with Gasteiger partial charge in [0.25, 0.3) is 0 Å². The SMILES string of the molecule is Cc1[nH]c2ccc(F)cc2c1CC(=O)Nc1ccn(C)n1. The van der Waals surface area contributed by atoms with E-state index in [-0.39, 0.29) is 18.1 Å². The molecule has 1 amide bonds. The van der Waals surface area contributed by atoms with E-state index < -0.39 is 0 Å². The normalized spacial score (nSPS) is 11.0. The lowest BCUT2D eigenvalue weighted by atomic mass is 10.1. The van der Waals surface area contributed by atoms with E-state index in [1.54, 1.807) is 30.1 Å². The van der Waals surface area contributed by atoms with E-state index in [2.05, 4.69) is 15.4 Å². The molecule has 5 nitrogen and oxygen atoms in total. The zero-order valence-electron chi connectivity index (χ0n) is 11.8. The Kier molecular flexibility index (Phi) is 3.21. The molecule has 0 radical (unpaired) electrons. The van der Waals surface area contributed by atoms with Crippen LogP contribution in [0.5, 0.6) is 0 Å². The van der Waals surface area contributed by atoms with Gasteiger partial charge in [-0.3, -0.25) is 9.48 Å². The second-order valence-corrected chi connectivity index (χ2v) is 5.02. The number of aromatic amines is 1. The number of nitrogens with zero attached hydrogens (tertiary/aromatic N) is 2. The van der Waals surface area contributed by atoms with Gasteiger partial charge in [0.2, 0.25) is 5.91 Å². The Morgan fingerprint density at radius 1 is 1.43 bits per heavy atom. The minimum absolute atomic E-state index is 0.172. The summed E-state index contributed by atoms with van der Waals surface area (Å²) in [4.78, 5) is 15.3. The number of carbonyl (C=O) groups is 1. The minimum Gasteiger partial charge on any atom is -0.358 e. The molecule has 3 rings (SSSR count). The zero-order valence-corrected chi connectivity index (χ0v) is 11.8. The molecule has 0 unspecified atom stereocenters. The Morgan fingerprint density at radius 2 is 2.24 bits per heavy atom. The average molecular weight is 286 g/mol. The second kappa shape index (κ2) is 5.05. The molecule has 2 heterocycles. The highest BCUT2D eigenvalue weighted by Gasteiger charge is 2.14. The maximum atomic E-state index is 13.4. The molecule has 6 heteroatoms. The summed E-state index contributed by atoms with van der Waals surface area (Å²) < 4.78 is 15.0. The molecule has 0 bridgehead atoms. The summed E-state index contributed by atoms with van der Waals surface area (Å²) in [6.07, 6.45) is 1.92. The maximum Gasteiger partial charge on any atom is 0.230 e. The molecule has 3 aromatic rings. The monoisotopic (exact) mass is 286 g/mol. The highest BCUT2D eigenvalue weighted by atomic mass is 19.1. The molecule has 1 aromatic carbocycles. The van der Waals surface area contributed by atoms with Gasteiger partial charge < -0.3 is 10.3 Å². The van der Waals surface area contributed by atoms with Crippen molar-refractivity contribution < 1.29 is 9.18 Å². The Hall–Kier alpha value is -2.63. The zero-order chi connectivity index (χ0) is 15.0. The van der Waals surface area contributed by atoms with E-state index in [9.17, 15) is 9.18 Å². The van der Waals surface area contributed by atoms with Gasteiger partial charge in [-0.2, -0.15) is 5.10 Å². The van der Waals surface area contributed by atoms with Crippen molar-refractivity contribution in [3.63, 3.8) is 0 Å². The summed E-state index contributed by atoms with van der Waals surface area (Å²) in [5.41, 5.74) is 2.50. The Morgan fingerprint density at radius 3 is 2.95 bits per heavy atom. The van der Waals surface area contributed by atoms with Crippen molar-refractivity contribution in [2.75, 3.05) is 5.32 Å².